The van der Waals surface area contributed by atoms with Crippen molar-refractivity contribution in [3.63, 3.8) is 0 Å². The Morgan fingerprint density at radius 2 is 2.25 bits per heavy atom. The molecule has 0 saturated heterocycles. The normalized spacial score (nSPS) is 30.2. The zero-order chi connectivity index (χ0) is 11.8. The van der Waals surface area contributed by atoms with Crippen LogP contribution >= 0.6 is 0 Å². The first-order valence-electron chi connectivity index (χ1n) is 5.55. The van der Waals surface area contributed by atoms with Gasteiger partial charge in [-0.15, -0.1) is 0 Å². The first kappa shape index (κ1) is 11.1. The van der Waals surface area contributed by atoms with E-state index in [0.29, 0.717) is 5.56 Å². The molecule has 0 aliphatic heterocycles. The Morgan fingerprint density at radius 1 is 1.62 bits per heavy atom. The average molecular weight is 223 g/mol. The Kier molecular flexibility index (Phi) is 2.71. The van der Waals surface area contributed by atoms with Crippen LogP contribution in [0.3, 0.4) is 0 Å². The van der Waals surface area contributed by atoms with E-state index >= 15 is 0 Å². The molecule has 1 saturated carbocycles. The molecule has 88 valence electrons. The fourth-order valence-corrected chi connectivity index (χ4v) is 2.33. The minimum Gasteiger partial charge on any atom is -0.390 e. The van der Waals surface area contributed by atoms with Crippen LogP contribution in [0.2, 0.25) is 0 Å². The van der Waals surface area contributed by atoms with Gasteiger partial charge < -0.3 is 10.8 Å². The van der Waals surface area contributed by atoms with Crippen LogP contribution in [0.5, 0.6) is 0 Å². The first-order valence-corrected chi connectivity index (χ1v) is 5.55. The Bertz CT molecular complexity index is 388. The quantitative estimate of drug-likeness (QED) is 0.696. The summed E-state index contributed by atoms with van der Waals surface area (Å²) in [6, 6.07) is 0. The molecule has 1 aromatic rings. The third-order valence-electron chi connectivity index (χ3n) is 3.41. The number of hydrogen-bond acceptors (Lipinski definition) is 3. The Balaban J connectivity index is 2.14. The van der Waals surface area contributed by atoms with Gasteiger partial charge in [0.05, 0.1) is 23.1 Å². The van der Waals surface area contributed by atoms with E-state index in [-0.39, 0.29) is 5.92 Å². The first-order chi connectivity index (χ1) is 7.49. The van der Waals surface area contributed by atoms with Crippen molar-refractivity contribution in [2.75, 3.05) is 0 Å². The maximum absolute atomic E-state index is 11.2. The molecule has 1 aromatic heterocycles. The lowest BCUT2D eigenvalue weighted by Gasteiger charge is -2.32. The van der Waals surface area contributed by atoms with Crippen LogP contribution in [0.15, 0.2) is 6.20 Å². The largest absolute Gasteiger partial charge is 0.390 e. The minimum absolute atomic E-state index is 0.255. The molecule has 1 amide bonds. The molecule has 0 radical (unpaired) electrons. The van der Waals surface area contributed by atoms with Crippen molar-refractivity contribution in [3.8, 4) is 0 Å². The van der Waals surface area contributed by atoms with E-state index in [9.17, 15) is 9.90 Å². The molecule has 0 aromatic carbocycles. The van der Waals surface area contributed by atoms with Gasteiger partial charge in [-0.05, 0) is 32.6 Å². The predicted octanol–water partition coefficient (Wildman–Crippen LogP) is 0.917. The number of rotatable bonds is 2. The number of aromatic nitrogens is 2. The van der Waals surface area contributed by atoms with Gasteiger partial charge in [-0.2, -0.15) is 5.10 Å². The van der Waals surface area contributed by atoms with Crippen molar-refractivity contribution in [2.24, 2.45) is 5.73 Å². The van der Waals surface area contributed by atoms with Gasteiger partial charge in [0.15, 0.2) is 0 Å². The molecular formula is C11H17N3O2. The van der Waals surface area contributed by atoms with Gasteiger partial charge in [-0.3, -0.25) is 9.89 Å². The second-order valence-corrected chi connectivity index (χ2v) is 4.83. The molecule has 2 rings (SSSR count). The number of aliphatic hydroxyl groups is 1. The van der Waals surface area contributed by atoms with Gasteiger partial charge in [0.2, 0.25) is 0 Å². The molecule has 0 atom stereocenters. The molecule has 5 heteroatoms. The molecule has 16 heavy (non-hydrogen) atoms. The molecule has 1 aliphatic carbocycles. The van der Waals surface area contributed by atoms with E-state index in [2.05, 4.69) is 10.2 Å². The SMILES string of the molecule is CC1(O)CCC(c2[nH]ncc2C(N)=O)CC1. The highest BCUT2D eigenvalue weighted by molar-refractivity contribution is 5.93. The molecular weight excluding hydrogens is 206 g/mol. The van der Waals surface area contributed by atoms with E-state index < -0.39 is 11.5 Å². The maximum Gasteiger partial charge on any atom is 0.252 e. The third-order valence-corrected chi connectivity index (χ3v) is 3.41. The Labute approximate surface area is 94.0 Å². The van der Waals surface area contributed by atoms with Gasteiger partial charge in [-0.25, -0.2) is 0 Å². The smallest absolute Gasteiger partial charge is 0.252 e. The third kappa shape index (κ3) is 2.09. The fraction of sp³-hybridized carbons (Fsp3) is 0.636. The van der Waals surface area contributed by atoms with E-state index in [1.807, 2.05) is 6.92 Å². The van der Waals surface area contributed by atoms with E-state index in [0.717, 1.165) is 31.4 Å². The number of carbonyl (C=O) groups is 1. The van der Waals surface area contributed by atoms with Crippen LogP contribution < -0.4 is 5.73 Å². The molecule has 4 N–H and O–H groups in total. The summed E-state index contributed by atoms with van der Waals surface area (Å²) in [6.45, 7) is 1.85. The summed E-state index contributed by atoms with van der Waals surface area (Å²) >= 11 is 0. The summed E-state index contributed by atoms with van der Waals surface area (Å²) in [5, 5.41) is 16.6. The lowest BCUT2D eigenvalue weighted by atomic mass is 9.78. The molecule has 0 unspecified atom stereocenters. The summed E-state index contributed by atoms with van der Waals surface area (Å²) in [5.41, 5.74) is 6.01. The molecule has 1 heterocycles. The van der Waals surface area contributed by atoms with Crippen molar-refractivity contribution in [2.45, 2.75) is 44.1 Å². The number of nitrogens with two attached hydrogens (primary N) is 1. The molecule has 1 fully saturated rings. The summed E-state index contributed by atoms with van der Waals surface area (Å²) in [4.78, 5) is 11.2. The minimum atomic E-state index is -0.566. The highest BCUT2D eigenvalue weighted by atomic mass is 16.3. The number of aromatic amines is 1. The summed E-state index contributed by atoms with van der Waals surface area (Å²) in [5.74, 6) is -0.189. The van der Waals surface area contributed by atoms with E-state index in [1.165, 1.54) is 6.20 Å². The van der Waals surface area contributed by atoms with Crippen LogP contribution in [0.1, 0.15) is 54.6 Å². The van der Waals surface area contributed by atoms with Crippen molar-refractivity contribution in [1.82, 2.24) is 10.2 Å². The van der Waals surface area contributed by atoms with Crippen molar-refractivity contribution < 1.29 is 9.90 Å². The second kappa shape index (κ2) is 3.90. The Morgan fingerprint density at radius 3 is 2.81 bits per heavy atom. The second-order valence-electron chi connectivity index (χ2n) is 4.83. The summed E-state index contributed by atoms with van der Waals surface area (Å²) in [6.07, 6.45) is 4.68. The summed E-state index contributed by atoms with van der Waals surface area (Å²) in [7, 11) is 0. The lowest BCUT2D eigenvalue weighted by Crippen LogP contribution is -2.30. The number of H-pyrrole nitrogens is 1. The molecule has 1 aliphatic rings. The number of nitrogens with zero attached hydrogens (tertiary/aromatic N) is 1. The highest BCUT2D eigenvalue weighted by Crippen LogP contribution is 2.37. The standard InChI is InChI=1S/C11H17N3O2/c1-11(16)4-2-7(3-5-11)9-8(10(12)15)6-13-14-9/h6-7,16H,2-5H2,1H3,(H2,12,15)(H,13,14). The van der Waals surface area contributed by atoms with Crippen LogP contribution in [0.25, 0.3) is 0 Å². The average Bonchev–Trinajstić information content (AvgIpc) is 2.66. The van der Waals surface area contributed by atoms with Gasteiger partial charge >= 0.3 is 0 Å². The van der Waals surface area contributed by atoms with Crippen LogP contribution in [0.4, 0.5) is 0 Å². The van der Waals surface area contributed by atoms with Gasteiger partial charge in [0.25, 0.3) is 5.91 Å². The maximum atomic E-state index is 11.2. The highest BCUT2D eigenvalue weighted by Gasteiger charge is 2.31. The molecule has 0 spiro atoms. The fourth-order valence-electron chi connectivity index (χ4n) is 2.33. The number of nitrogens with one attached hydrogen (secondary N) is 1. The lowest BCUT2D eigenvalue weighted by molar-refractivity contribution is 0.0168. The van der Waals surface area contributed by atoms with Crippen molar-refractivity contribution >= 4 is 5.91 Å². The zero-order valence-corrected chi connectivity index (χ0v) is 9.36. The summed E-state index contributed by atoms with van der Waals surface area (Å²) < 4.78 is 0. The van der Waals surface area contributed by atoms with Crippen molar-refractivity contribution in [3.05, 3.63) is 17.5 Å². The van der Waals surface area contributed by atoms with Crippen LogP contribution in [-0.4, -0.2) is 26.8 Å². The monoisotopic (exact) mass is 223 g/mol. The van der Waals surface area contributed by atoms with E-state index in [4.69, 9.17) is 5.73 Å². The number of amides is 1. The topological polar surface area (TPSA) is 92.0 Å². The van der Waals surface area contributed by atoms with Gasteiger partial charge in [0, 0.05) is 5.92 Å². The zero-order valence-electron chi connectivity index (χ0n) is 9.36. The number of carbonyl (C=O) groups excluding carboxylic acids is 1. The van der Waals surface area contributed by atoms with Crippen molar-refractivity contribution in [1.29, 1.82) is 0 Å². The molecule has 0 bridgehead atoms. The van der Waals surface area contributed by atoms with Gasteiger partial charge in [0.1, 0.15) is 0 Å². The Hall–Kier alpha value is -1.36. The molecule has 5 nitrogen and oxygen atoms in total. The van der Waals surface area contributed by atoms with Gasteiger partial charge in [-0.1, -0.05) is 0 Å². The van der Waals surface area contributed by atoms with E-state index in [1.54, 1.807) is 0 Å². The number of primary amides is 1. The number of hydrogen-bond donors (Lipinski definition) is 3. The van der Waals surface area contributed by atoms with Crippen LogP contribution in [0, 0.1) is 0 Å². The van der Waals surface area contributed by atoms with Crippen LogP contribution in [-0.2, 0) is 0 Å². The predicted molar refractivity (Wildman–Crippen MR) is 58.9 cm³/mol.